The molecule has 1 atom stereocenters. The average Bonchev–Trinajstić information content (AvgIpc) is 2.47. The van der Waals surface area contributed by atoms with Crippen molar-refractivity contribution in [3.8, 4) is 0 Å². The maximum Gasteiger partial charge on any atom is 0.251 e. The number of halogens is 2. The molecule has 110 valence electrons. The zero-order valence-corrected chi connectivity index (χ0v) is 12.2. The van der Waals surface area contributed by atoms with E-state index in [9.17, 15) is 14.3 Å². The SMILES string of the molecule is Cc1cccc(C(=O)NC(CO)c2ccc(Cl)c(F)c2)c1. The first-order valence-corrected chi connectivity index (χ1v) is 6.82. The number of nitrogens with one attached hydrogen (secondary N) is 1. The van der Waals surface area contributed by atoms with Gasteiger partial charge in [-0.2, -0.15) is 0 Å². The van der Waals surface area contributed by atoms with E-state index in [1.165, 1.54) is 12.1 Å². The van der Waals surface area contributed by atoms with Gasteiger partial charge in [0.2, 0.25) is 0 Å². The molecule has 0 bridgehead atoms. The third-order valence-corrected chi connectivity index (χ3v) is 3.42. The number of hydrogen-bond donors (Lipinski definition) is 2. The van der Waals surface area contributed by atoms with Crippen molar-refractivity contribution in [3.63, 3.8) is 0 Å². The molecule has 0 saturated carbocycles. The molecule has 0 aliphatic heterocycles. The summed E-state index contributed by atoms with van der Waals surface area (Å²) < 4.78 is 13.5. The van der Waals surface area contributed by atoms with Crippen LogP contribution in [0.2, 0.25) is 5.02 Å². The third kappa shape index (κ3) is 3.80. The van der Waals surface area contributed by atoms with Crippen LogP contribution in [0, 0.1) is 12.7 Å². The van der Waals surface area contributed by atoms with Crippen LogP contribution in [-0.4, -0.2) is 17.6 Å². The van der Waals surface area contributed by atoms with Crippen LogP contribution in [0.15, 0.2) is 42.5 Å². The van der Waals surface area contributed by atoms with E-state index in [1.54, 1.807) is 24.3 Å². The normalized spacial score (nSPS) is 12.0. The van der Waals surface area contributed by atoms with Crippen LogP contribution in [0.25, 0.3) is 0 Å². The minimum absolute atomic E-state index is 0.000417. The van der Waals surface area contributed by atoms with Crippen molar-refractivity contribution in [1.82, 2.24) is 5.32 Å². The summed E-state index contributed by atoms with van der Waals surface area (Å²) in [7, 11) is 0. The molecule has 0 aliphatic rings. The molecule has 0 saturated heterocycles. The van der Waals surface area contributed by atoms with Gasteiger partial charge in [-0.1, -0.05) is 35.4 Å². The summed E-state index contributed by atoms with van der Waals surface area (Å²) in [5.74, 6) is -0.912. The minimum Gasteiger partial charge on any atom is -0.394 e. The van der Waals surface area contributed by atoms with Crippen LogP contribution < -0.4 is 5.32 Å². The van der Waals surface area contributed by atoms with E-state index in [-0.39, 0.29) is 17.5 Å². The lowest BCUT2D eigenvalue weighted by Crippen LogP contribution is -2.30. The molecule has 0 fully saturated rings. The monoisotopic (exact) mass is 307 g/mol. The molecular formula is C16H15ClFNO2. The van der Waals surface area contributed by atoms with Gasteiger partial charge in [0.05, 0.1) is 17.7 Å². The number of carbonyl (C=O) groups is 1. The minimum atomic E-state index is -0.690. The van der Waals surface area contributed by atoms with Gasteiger partial charge in [-0.15, -0.1) is 0 Å². The Morgan fingerprint density at radius 3 is 2.71 bits per heavy atom. The molecule has 0 spiro atoms. The Kier molecular flexibility index (Phi) is 4.94. The Hall–Kier alpha value is -1.91. The number of aliphatic hydroxyl groups is 1. The summed E-state index contributed by atoms with van der Waals surface area (Å²) in [6, 6.07) is 10.6. The largest absolute Gasteiger partial charge is 0.394 e. The lowest BCUT2D eigenvalue weighted by Gasteiger charge is -2.17. The predicted molar refractivity (Wildman–Crippen MR) is 79.9 cm³/mol. The lowest BCUT2D eigenvalue weighted by molar-refractivity contribution is 0.0916. The van der Waals surface area contributed by atoms with Crippen LogP contribution in [0.4, 0.5) is 4.39 Å². The summed E-state index contributed by atoms with van der Waals surface area (Å²) in [5.41, 5.74) is 1.91. The second-order valence-corrected chi connectivity index (χ2v) is 5.16. The maximum atomic E-state index is 13.5. The lowest BCUT2D eigenvalue weighted by atomic mass is 10.1. The van der Waals surface area contributed by atoms with Crippen LogP contribution >= 0.6 is 11.6 Å². The van der Waals surface area contributed by atoms with Gasteiger partial charge in [0, 0.05) is 5.56 Å². The fourth-order valence-corrected chi connectivity index (χ4v) is 2.11. The molecule has 2 aromatic carbocycles. The second kappa shape index (κ2) is 6.70. The van der Waals surface area contributed by atoms with Crippen molar-refractivity contribution in [3.05, 3.63) is 70.0 Å². The molecule has 1 amide bonds. The van der Waals surface area contributed by atoms with E-state index in [0.29, 0.717) is 11.1 Å². The van der Waals surface area contributed by atoms with Gasteiger partial charge in [0.25, 0.3) is 5.91 Å². The standard InChI is InChI=1S/C16H15ClFNO2/c1-10-3-2-4-12(7-10)16(21)19-15(9-20)11-5-6-13(17)14(18)8-11/h2-8,15,20H,9H2,1H3,(H,19,21). The molecule has 0 radical (unpaired) electrons. The van der Waals surface area contributed by atoms with Gasteiger partial charge in [-0.3, -0.25) is 4.79 Å². The van der Waals surface area contributed by atoms with Crippen molar-refractivity contribution in [2.24, 2.45) is 0 Å². The van der Waals surface area contributed by atoms with E-state index in [1.807, 2.05) is 13.0 Å². The van der Waals surface area contributed by atoms with Crippen LogP contribution in [0.3, 0.4) is 0 Å². The van der Waals surface area contributed by atoms with Gasteiger partial charge in [-0.25, -0.2) is 4.39 Å². The van der Waals surface area contributed by atoms with Gasteiger partial charge < -0.3 is 10.4 Å². The first-order chi connectivity index (χ1) is 10.0. The molecule has 0 heterocycles. The topological polar surface area (TPSA) is 49.3 Å². The summed E-state index contributed by atoms with van der Waals surface area (Å²) >= 11 is 5.62. The van der Waals surface area contributed by atoms with Crippen LogP contribution in [-0.2, 0) is 0 Å². The second-order valence-electron chi connectivity index (χ2n) is 4.75. The fourth-order valence-electron chi connectivity index (χ4n) is 1.99. The molecule has 1 unspecified atom stereocenters. The molecule has 2 rings (SSSR count). The number of carbonyl (C=O) groups excluding carboxylic acids is 1. The highest BCUT2D eigenvalue weighted by molar-refractivity contribution is 6.30. The molecular weight excluding hydrogens is 293 g/mol. The number of amides is 1. The highest BCUT2D eigenvalue weighted by Crippen LogP contribution is 2.20. The number of aliphatic hydroxyl groups excluding tert-OH is 1. The van der Waals surface area contributed by atoms with Crippen molar-refractivity contribution in [2.45, 2.75) is 13.0 Å². The Labute approximate surface area is 127 Å². The van der Waals surface area contributed by atoms with Crippen LogP contribution in [0.5, 0.6) is 0 Å². The maximum absolute atomic E-state index is 13.5. The summed E-state index contributed by atoms with van der Waals surface area (Å²) in [6.45, 7) is 1.55. The number of aryl methyl sites for hydroxylation is 1. The van der Waals surface area contributed by atoms with Crippen molar-refractivity contribution < 1.29 is 14.3 Å². The Morgan fingerprint density at radius 2 is 2.10 bits per heavy atom. The Morgan fingerprint density at radius 1 is 1.33 bits per heavy atom. The molecule has 21 heavy (non-hydrogen) atoms. The molecule has 2 N–H and O–H groups in total. The highest BCUT2D eigenvalue weighted by atomic mass is 35.5. The Bertz CT molecular complexity index is 660. The quantitative estimate of drug-likeness (QED) is 0.911. The molecule has 5 heteroatoms. The first kappa shape index (κ1) is 15.5. The summed E-state index contributed by atoms with van der Waals surface area (Å²) in [4.78, 5) is 12.1. The Balaban J connectivity index is 2.18. The van der Waals surface area contributed by atoms with E-state index in [0.717, 1.165) is 5.56 Å². The molecule has 3 nitrogen and oxygen atoms in total. The zero-order valence-electron chi connectivity index (χ0n) is 11.4. The summed E-state index contributed by atoms with van der Waals surface area (Å²) in [6.07, 6.45) is 0. The van der Waals surface area contributed by atoms with Gasteiger partial charge in [-0.05, 0) is 36.8 Å². The van der Waals surface area contributed by atoms with E-state index in [2.05, 4.69) is 5.32 Å². The highest BCUT2D eigenvalue weighted by Gasteiger charge is 2.16. The number of hydrogen-bond acceptors (Lipinski definition) is 2. The first-order valence-electron chi connectivity index (χ1n) is 6.44. The number of rotatable bonds is 4. The van der Waals surface area contributed by atoms with E-state index < -0.39 is 11.9 Å². The van der Waals surface area contributed by atoms with Crippen molar-refractivity contribution in [2.75, 3.05) is 6.61 Å². The van der Waals surface area contributed by atoms with Crippen molar-refractivity contribution >= 4 is 17.5 Å². The average molecular weight is 308 g/mol. The fraction of sp³-hybridized carbons (Fsp3) is 0.188. The zero-order chi connectivity index (χ0) is 15.4. The van der Waals surface area contributed by atoms with Gasteiger partial charge >= 0.3 is 0 Å². The van der Waals surface area contributed by atoms with Gasteiger partial charge in [0.15, 0.2) is 0 Å². The predicted octanol–water partition coefficient (Wildman–Crippen LogP) is 3.25. The third-order valence-electron chi connectivity index (χ3n) is 3.11. The van der Waals surface area contributed by atoms with E-state index in [4.69, 9.17) is 11.6 Å². The number of benzene rings is 2. The van der Waals surface area contributed by atoms with E-state index >= 15 is 0 Å². The molecule has 0 aliphatic carbocycles. The summed E-state index contributed by atoms with van der Waals surface area (Å²) in [5, 5.41) is 12.1. The van der Waals surface area contributed by atoms with Crippen LogP contribution in [0.1, 0.15) is 27.5 Å². The van der Waals surface area contributed by atoms with Gasteiger partial charge in [0.1, 0.15) is 5.82 Å². The molecule has 0 aromatic heterocycles. The smallest absolute Gasteiger partial charge is 0.251 e. The molecule has 2 aromatic rings. The van der Waals surface area contributed by atoms with Crippen molar-refractivity contribution in [1.29, 1.82) is 0 Å².